The Morgan fingerprint density at radius 2 is 2.12 bits per heavy atom. The number of carbonyl (C=O) groups excluding carboxylic acids is 1. The molecule has 0 bridgehead atoms. The standard InChI is InChI=1S/C9H8Cl2F2N2O/c1-15(4-7(12)13)9(16)8-5(10)2-3-6(11)14-8/h2-3,7H,4H2,1H3. The van der Waals surface area contributed by atoms with Crippen LogP contribution in [0.25, 0.3) is 0 Å². The van der Waals surface area contributed by atoms with Crippen molar-refractivity contribution < 1.29 is 13.6 Å². The number of rotatable bonds is 3. The van der Waals surface area contributed by atoms with Crippen LogP contribution in [0.1, 0.15) is 10.5 Å². The van der Waals surface area contributed by atoms with Crippen molar-refractivity contribution in [1.82, 2.24) is 9.88 Å². The van der Waals surface area contributed by atoms with Crippen molar-refractivity contribution in [2.24, 2.45) is 0 Å². The number of hydrogen-bond acceptors (Lipinski definition) is 2. The molecule has 7 heteroatoms. The Morgan fingerprint density at radius 3 is 2.69 bits per heavy atom. The van der Waals surface area contributed by atoms with Crippen molar-refractivity contribution in [3.8, 4) is 0 Å². The molecule has 0 aliphatic rings. The highest BCUT2D eigenvalue weighted by molar-refractivity contribution is 6.34. The molecule has 88 valence electrons. The van der Waals surface area contributed by atoms with Gasteiger partial charge in [0.1, 0.15) is 10.8 Å². The molecule has 0 atom stereocenters. The Morgan fingerprint density at radius 1 is 1.50 bits per heavy atom. The fourth-order valence-electron chi connectivity index (χ4n) is 1.04. The van der Waals surface area contributed by atoms with Gasteiger partial charge in [0.15, 0.2) is 0 Å². The van der Waals surface area contributed by atoms with Gasteiger partial charge >= 0.3 is 0 Å². The van der Waals surface area contributed by atoms with Gasteiger partial charge in [-0.3, -0.25) is 4.79 Å². The number of amides is 1. The van der Waals surface area contributed by atoms with Crippen LogP contribution in [0.5, 0.6) is 0 Å². The first-order valence-electron chi connectivity index (χ1n) is 4.27. The van der Waals surface area contributed by atoms with Gasteiger partial charge in [-0.15, -0.1) is 0 Å². The molecule has 1 amide bonds. The fraction of sp³-hybridized carbons (Fsp3) is 0.333. The summed E-state index contributed by atoms with van der Waals surface area (Å²) in [7, 11) is 1.24. The highest BCUT2D eigenvalue weighted by Gasteiger charge is 2.19. The third kappa shape index (κ3) is 3.28. The first kappa shape index (κ1) is 13.1. The summed E-state index contributed by atoms with van der Waals surface area (Å²) in [6.07, 6.45) is -2.60. The molecule has 1 aromatic rings. The van der Waals surface area contributed by atoms with E-state index in [2.05, 4.69) is 4.98 Å². The first-order valence-corrected chi connectivity index (χ1v) is 5.03. The van der Waals surface area contributed by atoms with Crippen LogP contribution in [-0.2, 0) is 0 Å². The van der Waals surface area contributed by atoms with Gasteiger partial charge in [-0.1, -0.05) is 23.2 Å². The van der Waals surface area contributed by atoms with E-state index in [9.17, 15) is 13.6 Å². The Balaban J connectivity index is 2.91. The molecule has 0 radical (unpaired) electrons. The maximum atomic E-state index is 12.1. The van der Waals surface area contributed by atoms with Crippen LogP contribution in [0.4, 0.5) is 8.78 Å². The van der Waals surface area contributed by atoms with Crippen molar-refractivity contribution in [3.63, 3.8) is 0 Å². The number of aromatic nitrogens is 1. The lowest BCUT2D eigenvalue weighted by molar-refractivity contribution is 0.0615. The zero-order valence-electron chi connectivity index (χ0n) is 8.25. The normalized spacial score (nSPS) is 10.6. The molecule has 0 aliphatic heterocycles. The quantitative estimate of drug-likeness (QED) is 0.790. The van der Waals surface area contributed by atoms with Crippen LogP contribution in [0.2, 0.25) is 10.2 Å². The molecule has 0 N–H and O–H groups in total. The molecular weight excluding hydrogens is 261 g/mol. The van der Waals surface area contributed by atoms with E-state index in [0.717, 1.165) is 4.90 Å². The van der Waals surface area contributed by atoms with Gasteiger partial charge in [0.25, 0.3) is 12.3 Å². The highest BCUT2D eigenvalue weighted by Crippen LogP contribution is 2.18. The number of pyridine rings is 1. The van der Waals surface area contributed by atoms with E-state index in [1.165, 1.54) is 19.2 Å². The minimum Gasteiger partial charge on any atom is -0.335 e. The average Bonchev–Trinajstić information content (AvgIpc) is 2.19. The van der Waals surface area contributed by atoms with Crippen LogP contribution in [0, 0.1) is 0 Å². The second-order valence-corrected chi connectivity index (χ2v) is 3.84. The Bertz CT molecular complexity index is 401. The third-order valence-electron chi connectivity index (χ3n) is 1.77. The zero-order valence-corrected chi connectivity index (χ0v) is 9.77. The lowest BCUT2D eigenvalue weighted by Crippen LogP contribution is -2.32. The average molecular weight is 269 g/mol. The molecule has 1 aromatic heterocycles. The van der Waals surface area contributed by atoms with Crippen LogP contribution >= 0.6 is 23.2 Å². The summed E-state index contributed by atoms with van der Waals surface area (Å²) in [6.45, 7) is -0.677. The lowest BCUT2D eigenvalue weighted by Gasteiger charge is -2.16. The van der Waals surface area contributed by atoms with Gasteiger partial charge in [-0.2, -0.15) is 0 Å². The van der Waals surface area contributed by atoms with Gasteiger partial charge in [0.2, 0.25) is 0 Å². The number of nitrogens with zero attached hydrogens (tertiary/aromatic N) is 2. The largest absolute Gasteiger partial charge is 0.335 e. The van der Waals surface area contributed by atoms with Gasteiger partial charge in [-0.25, -0.2) is 13.8 Å². The molecule has 0 aromatic carbocycles. The Kier molecular flexibility index (Phi) is 4.44. The predicted molar refractivity (Wildman–Crippen MR) is 57.2 cm³/mol. The van der Waals surface area contributed by atoms with Gasteiger partial charge < -0.3 is 4.90 Å². The van der Waals surface area contributed by atoms with Crippen LogP contribution in [-0.4, -0.2) is 35.8 Å². The number of carbonyl (C=O) groups is 1. The summed E-state index contributed by atoms with van der Waals surface area (Å²) in [4.78, 5) is 16.2. The summed E-state index contributed by atoms with van der Waals surface area (Å²) in [5, 5.41) is 0.161. The molecule has 0 unspecified atom stereocenters. The van der Waals surface area contributed by atoms with E-state index in [1.54, 1.807) is 0 Å². The molecule has 16 heavy (non-hydrogen) atoms. The second kappa shape index (κ2) is 5.41. The molecule has 1 heterocycles. The Hall–Kier alpha value is -0.940. The number of alkyl halides is 2. The van der Waals surface area contributed by atoms with Gasteiger partial charge in [0.05, 0.1) is 11.6 Å². The van der Waals surface area contributed by atoms with Crippen molar-refractivity contribution in [2.75, 3.05) is 13.6 Å². The maximum absolute atomic E-state index is 12.1. The van der Waals surface area contributed by atoms with E-state index < -0.39 is 18.9 Å². The van der Waals surface area contributed by atoms with Gasteiger partial charge in [-0.05, 0) is 12.1 Å². The summed E-state index contributed by atoms with van der Waals surface area (Å²) < 4.78 is 24.1. The molecule has 0 fully saturated rings. The third-order valence-corrected chi connectivity index (χ3v) is 2.29. The van der Waals surface area contributed by atoms with Crippen LogP contribution in [0.3, 0.4) is 0 Å². The molecule has 0 aliphatic carbocycles. The SMILES string of the molecule is CN(CC(F)F)C(=O)c1nc(Cl)ccc1Cl. The van der Waals surface area contributed by atoms with Gasteiger partial charge in [0, 0.05) is 7.05 Å². The minimum atomic E-state index is -2.60. The highest BCUT2D eigenvalue weighted by atomic mass is 35.5. The van der Waals surface area contributed by atoms with Crippen LogP contribution in [0.15, 0.2) is 12.1 Å². The van der Waals surface area contributed by atoms with E-state index in [4.69, 9.17) is 23.2 Å². The number of halogens is 4. The molecule has 0 spiro atoms. The van der Waals surface area contributed by atoms with E-state index in [-0.39, 0.29) is 15.9 Å². The first-order chi connectivity index (χ1) is 7.41. The molecular formula is C9H8Cl2F2N2O. The summed E-state index contributed by atoms with van der Waals surface area (Å²) in [6, 6.07) is 2.80. The Labute approximate surface area is 101 Å². The van der Waals surface area contributed by atoms with Crippen molar-refractivity contribution in [2.45, 2.75) is 6.43 Å². The zero-order chi connectivity index (χ0) is 12.3. The minimum absolute atomic E-state index is 0.0792. The lowest BCUT2D eigenvalue weighted by atomic mass is 10.3. The maximum Gasteiger partial charge on any atom is 0.274 e. The van der Waals surface area contributed by atoms with Crippen molar-refractivity contribution in [1.29, 1.82) is 0 Å². The number of hydrogen-bond donors (Lipinski definition) is 0. The van der Waals surface area contributed by atoms with E-state index in [0.29, 0.717) is 0 Å². The monoisotopic (exact) mass is 268 g/mol. The summed E-state index contributed by atoms with van der Waals surface area (Å²) in [5.41, 5.74) is -0.127. The predicted octanol–water partition coefficient (Wildman–Crippen LogP) is 2.73. The molecule has 1 rings (SSSR count). The molecule has 0 saturated carbocycles. The van der Waals surface area contributed by atoms with E-state index in [1.807, 2.05) is 0 Å². The van der Waals surface area contributed by atoms with Crippen molar-refractivity contribution >= 4 is 29.1 Å². The fourth-order valence-corrected chi connectivity index (χ4v) is 1.37. The smallest absolute Gasteiger partial charge is 0.274 e. The van der Waals surface area contributed by atoms with E-state index >= 15 is 0 Å². The molecule has 3 nitrogen and oxygen atoms in total. The van der Waals surface area contributed by atoms with Crippen LogP contribution < -0.4 is 0 Å². The molecule has 0 saturated heterocycles. The summed E-state index contributed by atoms with van der Waals surface area (Å²) in [5.74, 6) is -0.687. The second-order valence-electron chi connectivity index (χ2n) is 3.04. The van der Waals surface area contributed by atoms with Crippen molar-refractivity contribution in [3.05, 3.63) is 28.0 Å². The topological polar surface area (TPSA) is 33.2 Å². The summed E-state index contributed by atoms with van der Waals surface area (Å²) >= 11 is 11.3.